The summed E-state index contributed by atoms with van der Waals surface area (Å²) in [7, 11) is 16.7. The largest absolute Gasteiger partial charge is 0.356 e. The van der Waals surface area contributed by atoms with Gasteiger partial charge in [-0.25, -0.2) is 0 Å². The van der Waals surface area contributed by atoms with Crippen LogP contribution in [0.1, 0.15) is 138 Å². The molecule has 0 fully saturated rings. The Hall–Kier alpha value is -0.460. The quantitative estimate of drug-likeness (QED) is 0.0502. The van der Waals surface area contributed by atoms with Crippen molar-refractivity contribution in [3.63, 3.8) is 0 Å². The van der Waals surface area contributed by atoms with Gasteiger partial charge in [-0.3, -0.25) is 24.5 Å². The maximum Gasteiger partial charge on any atom is 0.356 e. The molecule has 0 aliphatic heterocycles. The SMILES string of the molecule is CCOC(OCC)(OCC)C(O)(OCC)N(C)C.CCOC(OCC)(OCC)C(O)(OCC)N(C)C.CCOC(OCC)(OCC)C(O)(OCC)N(C)C.CCOC(OCC)(OCC)C(O)(OCC)N(C)C.CCOC(OCC)(OCC)C(O)(OCC)N(C)C.[Ta]. The fourth-order valence-electron chi connectivity index (χ4n) is 8.35. The number of aliphatic hydroxyl groups is 5. The summed E-state index contributed by atoms with van der Waals surface area (Å²) < 4.78 is 110. The average molecular weight is 1510 g/mol. The van der Waals surface area contributed by atoms with Gasteiger partial charge in [0.1, 0.15) is 0 Å². The Kier molecular flexibility index (Phi) is 59.7. The van der Waals surface area contributed by atoms with E-state index in [4.69, 9.17) is 94.7 Å². The summed E-state index contributed by atoms with van der Waals surface area (Å²) in [4.78, 5) is 7.35. The van der Waals surface area contributed by atoms with Crippen molar-refractivity contribution in [2.75, 3.05) is 203 Å². The van der Waals surface area contributed by atoms with Crippen LogP contribution in [-0.2, 0) is 117 Å². The number of hydrogen-bond donors (Lipinski definition) is 5. The van der Waals surface area contributed by atoms with Crippen molar-refractivity contribution in [1.29, 1.82) is 0 Å². The summed E-state index contributed by atoms with van der Waals surface area (Å²) in [5.41, 5.74) is 0. The van der Waals surface area contributed by atoms with Gasteiger partial charge in [-0.05, 0) is 209 Å². The van der Waals surface area contributed by atoms with E-state index in [-0.39, 0.29) is 22.4 Å². The molecule has 0 aromatic carbocycles. The van der Waals surface area contributed by atoms with Crippen LogP contribution in [0.5, 0.6) is 0 Å². The second-order valence-electron chi connectivity index (χ2n) is 19.0. The van der Waals surface area contributed by atoms with Crippen molar-refractivity contribution in [3.05, 3.63) is 0 Å². The van der Waals surface area contributed by atoms with Crippen LogP contribution in [0.25, 0.3) is 0 Å². The van der Waals surface area contributed by atoms with Gasteiger partial charge in [-0.2, -0.15) is 0 Å². The Bertz CT molecular complexity index is 1310. The molecule has 0 saturated heterocycles. The summed E-state index contributed by atoms with van der Waals surface area (Å²) in [6.07, 6.45) is 0. The zero-order valence-electron chi connectivity index (χ0n) is 62.2. The molecule has 0 spiro atoms. The minimum atomic E-state index is -1.82. The summed E-state index contributed by atoms with van der Waals surface area (Å²) in [6.45, 7) is 42.2. The van der Waals surface area contributed by atoms with Gasteiger partial charge < -0.3 is 120 Å². The molecule has 5 unspecified atom stereocenters. The summed E-state index contributed by atoms with van der Waals surface area (Å²) >= 11 is 0. The molecule has 1 radical (unpaired) electrons. The van der Waals surface area contributed by atoms with Crippen LogP contribution >= 0.6 is 0 Å². The Morgan fingerprint density at radius 3 is 0.275 bits per heavy atom. The van der Waals surface area contributed by atoms with E-state index >= 15 is 0 Å². The van der Waals surface area contributed by atoms with Gasteiger partial charge in [-0.15, -0.1) is 0 Å². The van der Waals surface area contributed by atoms with Gasteiger partial charge in [0.15, 0.2) is 0 Å². The molecule has 5 atom stereocenters. The van der Waals surface area contributed by atoms with Crippen LogP contribution in [0.4, 0.5) is 0 Å². The van der Waals surface area contributed by atoms with Crippen molar-refractivity contribution in [2.24, 2.45) is 0 Å². The summed E-state index contributed by atoms with van der Waals surface area (Å²) in [6, 6.07) is 0. The normalized spacial score (nSPS) is 15.8. The standard InChI is InChI=1S/5C12H27NO5.Ta/c5*1-7-15-11(14,13(5)6)12(16-8-2,17-9-3)18-10-4;/h5*14H,7-10H2,1-6H3;. The molecular weight excluding hydrogens is 1370 g/mol. The van der Waals surface area contributed by atoms with E-state index in [0.717, 1.165) is 0 Å². The monoisotopic (exact) mass is 1510 g/mol. The zero-order chi connectivity index (χ0) is 71.2. The Morgan fingerprint density at radius 2 is 0.231 bits per heavy atom. The number of hydrogen-bond acceptors (Lipinski definition) is 30. The fraction of sp³-hybridized carbons (Fsp3) is 1.00. The maximum atomic E-state index is 10.7. The van der Waals surface area contributed by atoms with Crippen LogP contribution < -0.4 is 0 Å². The van der Waals surface area contributed by atoms with Gasteiger partial charge in [0.05, 0.1) is 0 Å². The zero-order valence-corrected chi connectivity index (χ0v) is 65.4. The molecule has 91 heavy (non-hydrogen) atoms. The molecular formula is C60H135N5O25Ta. The number of ether oxygens (including phenoxy) is 20. The second-order valence-corrected chi connectivity index (χ2v) is 19.0. The van der Waals surface area contributed by atoms with Crippen LogP contribution in [-0.4, -0.2) is 312 Å². The van der Waals surface area contributed by atoms with Crippen molar-refractivity contribution in [2.45, 2.75) is 198 Å². The number of likely N-dealkylation sites (N-methyl/N-ethyl adjacent to an activating group) is 5. The predicted octanol–water partition coefficient (Wildman–Crippen LogP) is 4.97. The maximum absolute atomic E-state index is 10.7. The van der Waals surface area contributed by atoms with Crippen molar-refractivity contribution < 1.29 is 143 Å². The topological polar surface area (TPSA) is 302 Å². The third-order valence-electron chi connectivity index (χ3n) is 11.8. The van der Waals surface area contributed by atoms with Gasteiger partial charge >= 0.3 is 59.4 Å². The molecule has 0 aromatic heterocycles. The van der Waals surface area contributed by atoms with E-state index in [1.165, 1.54) is 24.5 Å². The van der Waals surface area contributed by atoms with Gasteiger partial charge in [0, 0.05) is 155 Å². The average Bonchev–Trinajstić information content (AvgIpc) is 0.975. The summed E-state index contributed by atoms with van der Waals surface area (Å²) in [5.74, 6) is -17.4. The smallest absolute Gasteiger partial charge is 0.347 e. The molecule has 0 rings (SSSR count). The third-order valence-corrected chi connectivity index (χ3v) is 11.8. The first-order valence-corrected chi connectivity index (χ1v) is 32.0. The minimum Gasteiger partial charge on any atom is -0.347 e. The predicted molar refractivity (Wildman–Crippen MR) is 339 cm³/mol. The first-order chi connectivity index (χ1) is 42.2. The molecule has 0 aromatic rings. The molecule has 0 bridgehead atoms. The molecule has 0 saturated carbocycles. The van der Waals surface area contributed by atoms with E-state index in [1.54, 1.807) is 209 Å². The van der Waals surface area contributed by atoms with Crippen LogP contribution in [0.3, 0.4) is 0 Å². The number of nitrogens with zero attached hydrogens (tertiary/aromatic N) is 5. The molecule has 5 N–H and O–H groups in total. The number of rotatable bonds is 50. The first-order valence-electron chi connectivity index (χ1n) is 32.0. The fourth-order valence-corrected chi connectivity index (χ4v) is 8.35. The minimum absolute atomic E-state index is 0. The molecule has 0 amide bonds. The third kappa shape index (κ3) is 28.7. The van der Waals surface area contributed by atoms with Crippen LogP contribution in [0, 0.1) is 0 Å². The molecule has 0 aliphatic rings. The van der Waals surface area contributed by atoms with Crippen LogP contribution in [0.15, 0.2) is 0 Å². The van der Waals surface area contributed by atoms with Crippen molar-refractivity contribution in [1.82, 2.24) is 24.5 Å². The molecule has 0 aliphatic carbocycles. The van der Waals surface area contributed by atoms with Gasteiger partial charge in [-0.1, -0.05) is 0 Å². The van der Waals surface area contributed by atoms with E-state index < -0.39 is 59.4 Å². The molecule has 30 nitrogen and oxygen atoms in total. The Morgan fingerprint density at radius 1 is 0.165 bits per heavy atom. The van der Waals surface area contributed by atoms with E-state index in [0.29, 0.717) is 132 Å². The molecule has 0 heterocycles. The Labute approximate surface area is 565 Å². The summed E-state index contributed by atoms with van der Waals surface area (Å²) in [5, 5.41) is 53.6. The molecule has 555 valence electrons. The van der Waals surface area contributed by atoms with Crippen molar-refractivity contribution >= 4 is 0 Å². The molecule has 31 heteroatoms. The van der Waals surface area contributed by atoms with E-state index in [9.17, 15) is 25.5 Å². The van der Waals surface area contributed by atoms with Crippen molar-refractivity contribution in [3.8, 4) is 0 Å². The second kappa shape index (κ2) is 53.5. The first kappa shape index (κ1) is 102. The Balaban J connectivity index is -0.000000247. The van der Waals surface area contributed by atoms with E-state index in [1.807, 2.05) is 0 Å². The van der Waals surface area contributed by atoms with Gasteiger partial charge in [0.2, 0.25) is 0 Å². The van der Waals surface area contributed by atoms with E-state index in [2.05, 4.69) is 0 Å². The van der Waals surface area contributed by atoms with Crippen LogP contribution in [0.2, 0.25) is 0 Å². The van der Waals surface area contributed by atoms with Gasteiger partial charge in [0.25, 0.3) is 0 Å².